The van der Waals surface area contributed by atoms with Crippen molar-refractivity contribution >= 4 is 11.9 Å². The summed E-state index contributed by atoms with van der Waals surface area (Å²) in [5, 5.41) is 2.96. The van der Waals surface area contributed by atoms with Crippen molar-refractivity contribution in [3.8, 4) is 0 Å². The summed E-state index contributed by atoms with van der Waals surface area (Å²) in [4.78, 5) is 25.2. The molecule has 2 heterocycles. The van der Waals surface area contributed by atoms with Crippen LogP contribution in [-0.4, -0.2) is 30.2 Å². The molecule has 0 fully saturated rings. The maximum Gasteiger partial charge on any atom is 0.337 e. The van der Waals surface area contributed by atoms with Crippen molar-refractivity contribution < 1.29 is 19.1 Å². The molecule has 0 unspecified atom stereocenters. The lowest BCUT2D eigenvalue weighted by atomic mass is 9.82. The first-order valence-electron chi connectivity index (χ1n) is 7.90. The fourth-order valence-electron chi connectivity index (χ4n) is 3.43. The van der Waals surface area contributed by atoms with Gasteiger partial charge in [-0.3, -0.25) is 4.79 Å². The summed E-state index contributed by atoms with van der Waals surface area (Å²) in [6.07, 6.45) is 3.62. The molecular weight excluding hydrogens is 306 g/mol. The molecule has 5 nitrogen and oxygen atoms in total. The third-order valence-electron chi connectivity index (χ3n) is 4.65. The zero-order valence-electron chi connectivity index (χ0n) is 14.3. The van der Waals surface area contributed by atoms with E-state index in [1.54, 1.807) is 19.9 Å². The first-order chi connectivity index (χ1) is 11.3. The van der Waals surface area contributed by atoms with Crippen LogP contribution in [0.5, 0.6) is 0 Å². The van der Waals surface area contributed by atoms with Gasteiger partial charge < -0.3 is 14.8 Å². The third-order valence-corrected chi connectivity index (χ3v) is 4.65. The Balaban J connectivity index is 1.94. The summed E-state index contributed by atoms with van der Waals surface area (Å²) in [5.74, 6) is -0.856. The van der Waals surface area contributed by atoms with Crippen molar-refractivity contribution in [2.45, 2.75) is 38.0 Å². The third kappa shape index (κ3) is 2.45. The van der Waals surface area contributed by atoms with E-state index in [1.165, 1.54) is 7.11 Å². The predicted octanol–water partition coefficient (Wildman–Crippen LogP) is 2.45. The molecule has 0 radical (unpaired) electrons. The van der Waals surface area contributed by atoms with Crippen molar-refractivity contribution in [2.24, 2.45) is 0 Å². The lowest BCUT2D eigenvalue weighted by Crippen LogP contribution is -2.37. The van der Waals surface area contributed by atoms with E-state index in [2.05, 4.69) is 5.32 Å². The van der Waals surface area contributed by atoms with Crippen molar-refractivity contribution in [1.29, 1.82) is 0 Å². The van der Waals surface area contributed by atoms with Gasteiger partial charge in [-0.1, -0.05) is 30.3 Å². The van der Waals surface area contributed by atoms with E-state index in [9.17, 15) is 9.59 Å². The van der Waals surface area contributed by atoms with Gasteiger partial charge in [0.15, 0.2) is 0 Å². The molecule has 1 aromatic rings. The molecule has 0 saturated carbocycles. The van der Waals surface area contributed by atoms with Crippen LogP contribution >= 0.6 is 0 Å². The van der Waals surface area contributed by atoms with Gasteiger partial charge in [-0.15, -0.1) is 0 Å². The second-order valence-corrected chi connectivity index (χ2v) is 6.50. The van der Waals surface area contributed by atoms with E-state index in [0.717, 1.165) is 5.56 Å². The normalized spacial score (nSPS) is 28.8. The van der Waals surface area contributed by atoms with Crippen molar-refractivity contribution in [3.05, 3.63) is 59.2 Å². The Morgan fingerprint density at radius 2 is 1.67 bits per heavy atom. The minimum atomic E-state index is -0.926. The summed E-state index contributed by atoms with van der Waals surface area (Å²) < 4.78 is 10.8. The van der Waals surface area contributed by atoms with Gasteiger partial charge in [0, 0.05) is 0 Å². The number of rotatable bonds is 4. The number of hydrogen-bond acceptors (Lipinski definition) is 4. The lowest BCUT2D eigenvalue weighted by Gasteiger charge is -2.23. The van der Waals surface area contributed by atoms with Crippen LogP contribution in [0.15, 0.2) is 53.6 Å². The smallest absolute Gasteiger partial charge is 0.337 e. The Bertz CT molecular complexity index is 752. The fraction of sp³-hybridized carbons (Fsp3) is 0.368. The van der Waals surface area contributed by atoms with Gasteiger partial charge in [0.2, 0.25) is 0 Å². The Morgan fingerprint density at radius 3 is 2.25 bits per heavy atom. The fourth-order valence-corrected chi connectivity index (χ4v) is 3.43. The zero-order chi connectivity index (χ0) is 17.5. The molecule has 1 amide bonds. The molecule has 2 aliphatic heterocycles. The van der Waals surface area contributed by atoms with Gasteiger partial charge in [0.25, 0.3) is 5.91 Å². The van der Waals surface area contributed by atoms with Crippen LogP contribution in [0.25, 0.3) is 0 Å². The molecule has 1 aromatic carbocycles. The molecule has 2 bridgehead atoms. The van der Waals surface area contributed by atoms with E-state index >= 15 is 0 Å². The largest absolute Gasteiger partial charge is 0.466 e. The Hall–Kier alpha value is -2.40. The molecule has 126 valence electrons. The molecular formula is C19H21NO4. The first-order valence-corrected chi connectivity index (χ1v) is 7.90. The van der Waals surface area contributed by atoms with Crippen molar-refractivity contribution in [1.82, 2.24) is 5.32 Å². The summed E-state index contributed by atoms with van der Waals surface area (Å²) >= 11 is 0. The molecule has 0 spiro atoms. The Labute approximate surface area is 141 Å². The Kier molecular flexibility index (Phi) is 3.84. The maximum atomic E-state index is 12.9. The number of hydrogen-bond donors (Lipinski definition) is 1. The number of esters is 1. The van der Waals surface area contributed by atoms with Crippen LogP contribution in [0.2, 0.25) is 0 Å². The summed E-state index contributed by atoms with van der Waals surface area (Å²) in [6, 6.07) is 9.46. The number of nitrogens with one attached hydrogen (secondary N) is 1. The summed E-state index contributed by atoms with van der Waals surface area (Å²) in [5.41, 5.74) is -0.263. The van der Waals surface area contributed by atoms with Crippen LogP contribution in [0.1, 0.15) is 32.4 Å². The van der Waals surface area contributed by atoms with Crippen LogP contribution in [0.4, 0.5) is 0 Å². The van der Waals surface area contributed by atoms with Crippen molar-refractivity contribution in [3.63, 3.8) is 0 Å². The van der Waals surface area contributed by atoms with Gasteiger partial charge in [-0.25, -0.2) is 4.79 Å². The monoisotopic (exact) mass is 327 g/mol. The first kappa shape index (κ1) is 16.5. The van der Waals surface area contributed by atoms with Gasteiger partial charge in [-0.2, -0.15) is 0 Å². The summed E-state index contributed by atoms with van der Waals surface area (Å²) in [7, 11) is 1.30. The molecule has 24 heavy (non-hydrogen) atoms. The van der Waals surface area contributed by atoms with Gasteiger partial charge in [-0.05, 0) is 38.5 Å². The number of benzene rings is 1. The zero-order valence-corrected chi connectivity index (χ0v) is 14.3. The Morgan fingerprint density at radius 1 is 1.08 bits per heavy atom. The highest BCUT2D eigenvalue weighted by Gasteiger charge is 2.57. The number of fused-ring (bicyclic) bond motifs is 2. The molecule has 5 heteroatoms. The summed E-state index contributed by atoms with van der Waals surface area (Å²) in [6.45, 7) is 5.45. The van der Waals surface area contributed by atoms with Crippen LogP contribution in [0, 0.1) is 0 Å². The minimum Gasteiger partial charge on any atom is -0.466 e. The van der Waals surface area contributed by atoms with Crippen LogP contribution < -0.4 is 5.32 Å². The second-order valence-electron chi connectivity index (χ2n) is 6.50. The number of amides is 1. The van der Waals surface area contributed by atoms with Gasteiger partial charge in [0.05, 0.1) is 24.3 Å². The number of carbonyl (C=O) groups is 2. The average Bonchev–Trinajstić information content (AvgIpc) is 3.00. The maximum absolute atomic E-state index is 12.9. The van der Waals surface area contributed by atoms with Crippen LogP contribution in [0.3, 0.4) is 0 Å². The predicted molar refractivity (Wildman–Crippen MR) is 89.1 cm³/mol. The van der Waals surface area contributed by atoms with E-state index < -0.39 is 17.2 Å². The minimum absolute atomic E-state index is 0.190. The SMILES string of the molecule is COC(=O)C1=C(C(=O)N[C@@H](C)c2ccccc2)[C@@]2(C)C=C[C@]1(C)O2. The molecule has 3 rings (SSSR count). The van der Waals surface area contributed by atoms with E-state index in [1.807, 2.05) is 43.3 Å². The van der Waals surface area contributed by atoms with Crippen LogP contribution in [-0.2, 0) is 19.1 Å². The molecule has 2 aliphatic rings. The highest BCUT2D eigenvalue weighted by Crippen LogP contribution is 2.49. The van der Waals surface area contributed by atoms with Crippen molar-refractivity contribution in [2.75, 3.05) is 7.11 Å². The number of carbonyl (C=O) groups excluding carboxylic acids is 2. The average molecular weight is 327 g/mol. The second kappa shape index (κ2) is 5.60. The highest BCUT2D eigenvalue weighted by atomic mass is 16.5. The number of methoxy groups -OCH3 is 1. The van der Waals surface area contributed by atoms with Gasteiger partial charge in [0.1, 0.15) is 11.2 Å². The van der Waals surface area contributed by atoms with Gasteiger partial charge >= 0.3 is 5.97 Å². The molecule has 3 atom stereocenters. The standard InChI is InChI=1S/C19H21NO4/c1-12(13-8-6-5-7-9-13)20-16(21)14-15(17(22)23-4)19(3)11-10-18(14,2)24-19/h5-12H,1-4H3,(H,20,21)/t12-,18+,19-/m0/s1. The van der Waals surface area contributed by atoms with E-state index in [0.29, 0.717) is 5.57 Å². The number of ether oxygens (including phenoxy) is 2. The molecule has 1 N–H and O–H groups in total. The van der Waals surface area contributed by atoms with E-state index in [-0.39, 0.29) is 17.5 Å². The molecule has 0 aromatic heterocycles. The molecule has 0 aliphatic carbocycles. The molecule has 0 saturated heterocycles. The topological polar surface area (TPSA) is 64.6 Å². The quantitative estimate of drug-likeness (QED) is 0.681. The highest BCUT2D eigenvalue weighted by molar-refractivity contribution is 6.08. The lowest BCUT2D eigenvalue weighted by molar-refractivity contribution is -0.138. The van der Waals surface area contributed by atoms with E-state index in [4.69, 9.17) is 9.47 Å².